The van der Waals surface area contributed by atoms with Crippen LogP contribution in [0.4, 0.5) is 28.9 Å². The monoisotopic (exact) mass is 499 g/mol. The van der Waals surface area contributed by atoms with Crippen molar-refractivity contribution in [1.82, 2.24) is 4.31 Å². The summed E-state index contributed by atoms with van der Waals surface area (Å²) in [5, 5.41) is 21.1. The fourth-order valence-electron chi connectivity index (χ4n) is 3.47. The van der Waals surface area contributed by atoms with Crippen LogP contribution in [-0.4, -0.2) is 53.8 Å². The maximum atomic E-state index is 13.9. The highest BCUT2D eigenvalue weighted by Gasteiger charge is 2.54. The Bertz CT molecular complexity index is 1300. The van der Waals surface area contributed by atoms with Crippen molar-refractivity contribution in [3.05, 3.63) is 70.6 Å². The summed E-state index contributed by atoms with van der Waals surface area (Å²) in [5.74, 6) is -1.06. The maximum Gasteiger partial charge on any atom is 0.415 e. The molecule has 2 N–H and O–H groups in total. The molecule has 0 saturated carbocycles. The van der Waals surface area contributed by atoms with Crippen molar-refractivity contribution in [2.75, 3.05) is 13.1 Å². The Hall–Kier alpha value is -3.23. The molecule has 1 aliphatic heterocycles. The summed E-state index contributed by atoms with van der Waals surface area (Å²) < 4.78 is 85.4. The molecule has 13 heteroatoms. The summed E-state index contributed by atoms with van der Waals surface area (Å²) in [7, 11) is -4.61. The van der Waals surface area contributed by atoms with Gasteiger partial charge < -0.3 is 14.9 Å². The van der Waals surface area contributed by atoms with E-state index in [9.17, 15) is 36.2 Å². The van der Waals surface area contributed by atoms with Crippen LogP contribution in [0.25, 0.3) is 9.69 Å². The van der Waals surface area contributed by atoms with Crippen LogP contribution in [0.5, 0.6) is 5.75 Å². The van der Waals surface area contributed by atoms with Gasteiger partial charge in [-0.15, -0.1) is 0 Å². The second-order valence-corrected chi connectivity index (χ2v) is 9.49. The van der Waals surface area contributed by atoms with Crippen molar-refractivity contribution in [2.45, 2.75) is 35.8 Å². The van der Waals surface area contributed by atoms with E-state index in [2.05, 4.69) is 9.69 Å². The second kappa shape index (κ2) is 8.85. The lowest BCUT2D eigenvalue weighted by Crippen LogP contribution is -2.53. The first-order valence-corrected chi connectivity index (χ1v) is 11.0. The van der Waals surface area contributed by atoms with Gasteiger partial charge in [-0.05, 0) is 25.1 Å². The number of hydrogen-bond acceptors (Lipinski definition) is 5. The quantitative estimate of drug-likeness (QED) is 0.485. The first-order chi connectivity index (χ1) is 15.7. The average Bonchev–Trinajstić information content (AvgIpc) is 3.11. The van der Waals surface area contributed by atoms with Crippen LogP contribution in [0, 0.1) is 19.0 Å². The Morgan fingerprint density at radius 3 is 2.35 bits per heavy atom. The van der Waals surface area contributed by atoms with Crippen molar-refractivity contribution < 1.29 is 40.9 Å². The van der Waals surface area contributed by atoms with Crippen LogP contribution in [0.3, 0.4) is 0 Å². The van der Waals surface area contributed by atoms with E-state index in [0.29, 0.717) is 22.5 Å². The number of sulfonamides is 1. The molecule has 0 bridgehead atoms. The zero-order valence-corrected chi connectivity index (χ0v) is 18.2. The van der Waals surface area contributed by atoms with Crippen LogP contribution < -0.4 is 4.74 Å². The van der Waals surface area contributed by atoms with Gasteiger partial charge in [0.05, 0.1) is 30.7 Å². The molecule has 1 fully saturated rings. The zero-order valence-electron chi connectivity index (χ0n) is 17.4. The van der Waals surface area contributed by atoms with Crippen molar-refractivity contribution in [1.29, 1.82) is 0 Å². The summed E-state index contributed by atoms with van der Waals surface area (Å²) in [4.78, 5) is 5.15. The molecule has 1 heterocycles. The third-order valence-corrected chi connectivity index (χ3v) is 7.28. The molecule has 0 unspecified atom stereocenters. The molecule has 3 rings (SSSR count). The molecule has 8 nitrogen and oxygen atoms in total. The summed E-state index contributed by atoms with van der Waals surface area (Å²) in [6, 6.07) is 4.79. The smallest absolute Gasteiger partial charge is 0.415 e. The Morgan fingerprint density at radius 1 is 1.18 bits per heavy atom. The third kappa shape index (κ3) is 4.56. The van der Waals surface area contributed by atoms with E-state index in [0.717, 1.165) is 12.1 Å². The fraction of sp³-hybridized carbons (Fsp3) is 0.333. The van der Waals surface area contributed by atoms with E-state index < -0.39 is 69.1 Å². The number of nitrogens with zero attached hydrogens (tertiary/aromatic N) is 3. The fourth-order valence-corrected chi connectivity index (χ4v) is 5.07. The molecule has 0 aromatic heterocycles. The average molecular weight is 499 g/mol. The number of aliphatic hydroxyl groups is 2. The highest BCUT2D eigenvalue weighted by Crippen LogP contribution is 2.39. The number of aliphatic hydroxyl groups excluding tert-OH is 1. The molecule has 0 amide bonds. The minimum Gasteiger partial charge on any atom is -0.486 e. The Balaban J connectivity index is 1.97. The summed E-state index contributed by atoms with van der Waals surface area (Å²) >= 11 is 0. The Labute approximate surface area is 192 Å². The molecule has 0 aliphatic carbocycles. The van der Waals surface area contributed by atoms with E-state index in [-0.39, 0.29) is 11.4 Å². The standard InChI is InChI=1S/C21H17F4N3O5S/c1-12(29)20(30)11-28(10-19(20)33-14-5-6-16(26-2)15(22)9-14)34(31,32)18-7-4-13(21(23,24)25)8-17(18)27-3/h4-9,12,19,29-30H,10-11H2,1H3/t12-,19+,20-/m1/s1. The number of β-amino-alcohol motifs (C(OH)–C–C–N with tert-alkyl or cyclic N) is 1. The molecule has 2 aromatic rings. The molecule has 3 atom stereocenters. The van der Waals surface area contributed by atoms with Gasteiger partial charge in [0.1, 0.15) is 23.3 Å². The lowest BCUT2D eigenvalue weighted by molar-refractivity contribution is -0.137. The van der Waals surface area contributed by atoms with Gasteiger partial charge in [0.15, 0.2) is 0 Å². The van der Waals surface area contributed by atoms with Gasteiger partial charge in [-0.25, -0.2) is 22.5 Å². The topological polar surface area (TPSA) is 95.8 Å². The minimum absolute atomic E-state index is 0.149. The zero-order chi connectivity index (χ0) is 25.5. The van der Waals surface area contributed by atoms with E-state index in [1.807, 2.05) is 0 Å². The predicted molar refractivity (Wildman–Crippen MR) is 110 cm³/mol. The van der Waals surface area contributed by atoms with E-state index >= 15 is 0 Å². The maximum absolute atomic E-state index is 13.9. The molecular weight excluding hydrogens is 482 g/mol. The van der Waals surface area contributed by atoms with Gasteiger partial charge in [0.2, 0.25) is 21.4 Å². The second-order valence-electron chi connectivity index (χ2n) is 7.59. The minimum atomic E-state index is -4.79. The molecule has 0 spiro atoms. The number of alkyl halides is 3. The predicted octanol–water partition coefficient (Wildman–Crippen LogP) is 3.51. The van der Waals surface area contributed by atoms with Gasteiger partial charge >= 0.3 is 6.18 Å². The van der Waals surface area contributed by atoms with Gasteiger partial charge in [-0.2, -0.15) is 17.5 Å². The SMILES string of the molecule is [C-]#[N+]c1ccc(O[C@H]2CN(S(=O)(=O)c3ccc(C(F)(F)F)cc3[N+]#[C-])C[C@@]2(O)[C@@H](C)O)cc1F. The summed E-state index contributed by atoms with van der Waals surface area (Å²) in [5.41, 5.74) is -4.43. The Morgan fingerprint density at radius 2 is 1.82 bits per heavy atom. The number of hydrogen-bond donors (Lipinski definition) is 2. The molecule has 0 radical (unpaired) electrons. The van der Waals surface area contributed by atoms with Crippen molar-refractivity contribution in [3.8, 4) is 5.75 Å². The van der Waals surface area contributed by atoms with Gasteiger partial charge in [0.25, 0.3) is 0 Å². The summed E-state index contributed by atoms with van der Waals surface area (Å²) in [6.07, 6.45) is -7.73. The van der Waals surface area contributed by atoms with Crippen LogP contribution in [0.15, 0.2) is 41.3 Å². The number of ether oxygens (including phenoxy) is 1. The van der Waals surface area contributed by atoms with E-state index in [1.165, 1.54) is 13.0 Å². The lowest BCUT2D eigenvalue weighted by atomic mass is 9.94. The molecule has 1 saturated heterocycles. The first-order valence-electron chi connectivity index (χ1n) is 9.57. The van der Waals surface area contributed by atoms with E-state index in [4.69, 9.17) is 17.9 Å². The number of rotatable bonds is 5. The molecule has 1 aliphatic rings. The first kappa shape index (κ1) is 25.4. The van der Waals surface area contributed by atoms with Crippen LogP contribution in [0.1, 0.15) is 12.5 Å². The molecule has 2 aromatic carbocycles. The molecule has 34 heavy (non-hydrogen) atoms. The largest absolute Gasteiger partial charge is 0.486 e. The lowest BCUT2D eigenvalue weighted by Gasteiger charge is -2.31. The van der Waals surface area contributed by atoms with E-state index in [1.54, 1.807) is 0 Å². The highest BCUT2D eigenvalue weighted by atomic mass is 32.2. The normalized spacial score (nSPS) is 22.1. The third-order valence-electron chi connectivity index (χ3n) is 5.42. The summed E-state index contributed by atoms with van der Waals surface area (Å²) in [6.45, 7) is 13.9. The number of halogens is 4. The number of benzene rings is 2. The molecule has 180 valence electrons. The van der Waals surface area contributed by atoms with Crippen LogP contribution in [0.2, 0.25) is 0 Å². The van der Waals surface area contributed by atoms with Gasteiger partial charge in [-0.1, -0.05) is 12.1 Å². The highest BCUT2D eigenvalue weighted by molar-refractivity contribution is 7.89. The Kier molecular flexibility index (Phi) is 6.61. The van der Waals surface area contributed by atoms with Crippen molar-refractivity contribution in [2.24, 2.45) is 0 Å². The van der Waals surface area contributed by atoms with Gasteiger partial charge in [-0.3, -0.25) is 0 Å². The van der Waals surface area contributed by atoms with Crippen LogP contribution >= 0.6 is 0 Å². The molecular formula is C21H17F4N3O5S. The van der Waals surface area contributed by atoms with Crippen molar-refractivity contribution >= 4 is 21.4 Å². The van der Waals surface area contributed by atoms with Crippen LogP contribution in [-0.2, 0) is 16.2 Å². The van der Waals surface area contributed by atoms with Crippen molar-refractivity contribution in [3.63, 3.8) is 0 Å². The van der Waals surface area contributed by atoms with Gasteiger partial charge in [0, 0.05) is 18.2 Å².